The number of rotatable bonds is 7. The maximum absolute atomic E-state index is 12.5. The predicted molar refractivity (Wildman–Crippen MR) is 100 cm³/mol. The molecular formula is C20H21N3O3. The van der Waals surface area contributed by atoms with Gasteiger partial charge >= 0.3 is 0 Å². The molecule has 134 valence electrons. The summed E-state index contributed by atoms with van der Waals surface area (Å²) in [6.45, 7) is 4.83. The molecule has 0 saturated heterocycles. The molecule has 0 unspecified atom stereocenters. The van der Waals surface area contributed by atoms with E-state index in [4.69, 9.17) is 9.47 Å². The first-order valence-corrected chi connectivity index (χ1v) is 8.52. The Morgan fingerprint density at radius 1 is 1.04 bits per heavy atom. The highest BCUT2D eigenvalue weighted by molar-refractivity contribution is 6.04. The van der Waals surface area contributed by atoms with Crippen molar-refractivity contribution in [1.82, 2.24) is 9.78 Å². The molecule has 1 heterocycles. The van der Waals surface area contributed by atoms with Gasteiger partial charge in [0.25, 0.3) is 5.91 Å². The van der Waals surface area contributed by atoms with Gasteiger partial charge in [-0.05, 0) is 62.4 Å². The van der Waals surface area contributed by atoms with Crippen molar-refractivity contribution < 1.29 is 14.3 Å². The highest BCUT2D eigenvalue weighted by Crippen LogP contribution is 2.29. The Morgan fingerprint density at radius 3 is 2.42 bits per heavy atom. The average Bonchev–Trinajstić information content (AvgIpc) is 3.19. The molecule has 1 amide bonds. The number of anilines is 1. The van der Waals surface area contributed by atoms with Crippen LogP contribution in [0.2, 0.25) is 0 Å². The molecule has 2 aromatic carbocycles. The molecule has 3 aromatic rings. The first kappa shape index (κ1) is 17.5. The summed E-state index contributed by atoms with van der Waals surface area (Å²) < 4.78 is 12.9. The SMILES string of the molecule is CCOc1ccc(C(=O)Nc2ccc(-n3cccn3)cc2)cc1OCC. The van der Waals surface area contributed by atoms with Crippen LogP contribution in [0.3, 0.4) is 0 Å². The van der Waals surface area contributed by atoms with E-state index >= 15 is 0 Å². The first-order chi connectivity index (χ1) is 12.7. The van der Waals surface area contributed by atoms with Gasteiger partial charge in [0, 0.05) is 23.6 Å². The van der Waals surface area contributed by atoms with Crippen molar-refractivity contribution >= 4 is 11.6 Å². The molecule has 3 rings (SSSR count). The molecule has 1 N–H and O–H groups in total. The molecular weight excluding hydrogens is 330 g/mol. The van der Waals surface area contributed by atoms with Crippen LogP contribution in [-0.2, 0) is 0 Å². The zero-order chi connectivity index (χ0) is 18.4. The van der Waals surface area contributed by atoms with Crippen LogP contribution in [0.1, 0.15) is 24.2 Å². The number of carbonyl (C=O) groups is 1. The third kappa shape index (κ3) is 4.03. The molecule has 0 aliphatic carbocycles. The number of carbonyl (C=O) groups excluding carboxylic acids is 1. The van der Waals surface area contributed by atoms with E-state index in [2.05, 4.69) is 10.4 Å². The van der Waals surface area contributed by atoms with Crippen LogP contribution in [-0.4, -0.2) is 28.9 Å². The minimum absolute atomic E-state index is 0.208. The highest BCUT2D eigenvalue weighted by Gasteiger charge is 2.12. The Kier molecular flexibility index (Phi) is 5.53. The normalized spacial score (nSPS) is 10.4. The smallest absolute Gasteiger partial charge is 0.255 e. The number of benzene rings is 2. The number of aromatic nitrogens is 2. The van der Waals surface area contributed by atoms with Crippen LogP contribution in [0.4, 0.5) is 5.69 Å². The van der Waals surface area contributed by atoms with E-state index in [1.807, 2.05) is 50.4 Å². The van der Waals surface area contributed by atoms with Gasteiger partial charge in [-0.25, -0.2) is 4.68 Å². The van der Waals surface area contributed by atoms with Gasteiger partial charge in [-0.3, -0.25) is 4.79 Å². The van der Waals surface area contributed by atoms with Gasteiger partial charge in [0.1, 0.15) is 0 Å². The lowest BCUT2D eigenvalue weighted by Gasteiger charge is -2.12. The van der Waals surface area contributed by atoms with Gasteiger partial charge in [0.15, 0.2) is 11.5 Å². The minimum Gasteiger partial charge on any atom is -0.490 e. The zero-order valence-corrected chi connectivity index (χ0v) is 14.8. The van der Waals surface area contributed by atoms with E-state index in [0.717, 1.165) is 5.69 Å². The number of hydrogen-bond acceptors (Lipinski definition) is 4. The fourth-order valence-corrected chi connectivity index (χ4v) is 2.51. The lowest BCUT2D eigenvalue weighted by molar-refractivity contribution is 0.102. The maximum Gasteiger partial charge on any atom is 0.255 e. The van der Waals surface area contributed by atoms with Gasteiger partial charge in [-0.1, -0.05) is 0 Å². The van der Waals surface area contributed by atoms with Gasteiger partial charge in [-0.15, -0.1) is 0 Å². The lowest BCUT2D eigenvalue weighted by atomic mass is 10.1. The van der Waals surface area contributed by atoms with E-state index in [0.29, 0.717) is 36.0 Å². The molecule has 26 heavy (non-hydrogen) atoms. The number of nitrogens with zero attached hydrogens (tertiary/aromatic N) is 2. The molecule has 0 aliphatic heterocycles. The number of nitrogens with one attached hydrogen (secondary N) is 1. The molecule has 0 radical (unpaired) electrons. The van der Waals surface area contributed by atoms with Gasteiger partial charge < -0.3 is 14.8 Å². The second-order valence-electron chi connectivity index (χ2n) is 5.48. The number of hydrogen-bond donors (Lipinski definition) is 1. The third-order valence-electron chi connectivity index (χ3n) is 3.70. The summed E-state index contributed by atoms with van der Waals surface area (Å²) >= 11 is 0. The van der Waals surface area contributed by atoms with Crippen LogP contribution < -0.4 is 14.8 Å². The Morgan fingerprint density at radius 2 is 1.77 bits per heavy atom. The fraction of sp³-hybridized carbons (Fsp3) is 0.200. The number of amides is 1. The van der Waals surface area contributed by atoms with Crippen molar-refractivity contribution in [1.29, 1.82) is 0 Å². The molecule has 0 aliphatic rings. The Labute approximate surface area is 152 Å². The average molecular weight is 351 g/mol. The van der Waals surface area contributed by atoms with E-state index in [9.17, 15) is 4.79 Å². The molecule has 6 heteroatoms. The summed E-state index contributed by atoms with van der Waals surface area (Å²) in [6.07, 6.45) is 3.58. The zero-order valence-electron chi connectivity index (χ0n) is 14.8. The number of ether oxygens (including phenoxy) is 2. The Balaban J connectivity index is 1.74. The van der Waals surface area contributed by atoms with E-state index in [1.165, 1.54) is 0 Å². The summed E-state index contributed by atoms with van der Waals surface area (Å²) in [5.74, 6) is 0.992. The van der Waals surface area contributed by atoms with Crippen LogP contribution in [0.15, 0.2) is 60.9 Å². The summed E-state index contributed by atoms with van der Waals surface area (Å²) in [5.41, 5.74) is 2.14. The largest absolute Gasteiger partial charge is 0.490 e. The van der Waals surface area contributed by atoms with Gasteiger partial charge in [0.2, 0.25) is 0 Å². The second-order valence-corrected chi connectivity index (χ2v) is 5.48. The van der Waals surface area contributed by atoms with E-state index in [1.54, 1.807) is 29.1 Å². The lowest BCUT2D eigenvalue weighted by Crippen LogP contribution is -2.12. The first-order valence-electron chi connectivity index (χ1n) is 8.52. The molecule has 0 bridgehead atoms. The highest BCUT2D eigenvalue weighted by atomic mass is 16.5. The van der Waals surface area contributed by atoms with Crippen LogP contribution in [0.25, 0.3) is 5.69 Å². The monoisotopic (exact) mass is 351 g/mol. The van der Waals surface area contributed by atoms with Gasteiger partial charge in [0.05, 0.1) is 18.9 Å². The molecule has 0 spiro atoms. The Bertz CT molecular complexity index is 859. The summed E-state index contributed by atoms with van der Waals surface area (Å²) in [4.78, 5) is 12.5. The second kappa shape index (κ2) is 8.20. The van der Waals surface area contributed by atoms with Crippen LogP contribution in [0, 0.1) is 0 Å². The predicted octanol–water partition coefficient (Wildman–Crippen LogP) is 3.92. The maximum atomic E-state index is 12.5. The third-order valence-corrected chi connectivity index (χ3v) is 3.70. The molecule has 0 atom stereocenters. The van der Waals surface area contributed by atoms with Crippen molar-refractivity contribution in [2.75, 3.05) is 18.5 Å². The van der Waals surface area contributed by atoms with Crippen molar-refractivity contribution in [3.05, 3.63) is 66.5 Å². The summed E-state index contributed by atoms with van der Waals surface area (Å²) in [6, 6.07) is 14.5. The summed E-state index contributed by atoms with van der Waals surface area (Å²) in [5, 5.41) is 7.07. The van der Waals surface area contributed by atoms with Gasteiger partial charge in [-0.2, -0.15) is 5.10 Å². The quantitative estimate of drug-likeness (QED) is 0.701. The van der Waals surface area contributed by atoms with Crippen molar-refractivity contribution in [2.24, 2.45) is 0 Å². The van der Waals surface area contributed by atoms with Crippen LogP contribution in [0.5, 0.6) is 11.5 Å². The van der Waals surface area contributed by atoms with Crippen LogP contribution >= 0.6 is 0 Å². The van der Waals surface area contributed by atoms with Crippen molar-refractivity contribution in [3.8, 4) is 17.2 Å². The fourth-order valence-electron chi connectivity index (χ4n) is 2.51. The topological polar surface area (TPSA) is 65.4 Å². The molecule has 6 nitrogen and oxygen atoms in total. The summed E-state index contributed by atoms with van der Waals surface area (Å²) in [7, 11) is 0. The van der Waals surface area contributed by atoms with E-state index in [-0.39, 0.29) is 5.91 Å². The minimum atomic E-state index is -0.208. The molecule has 0 fully saturated rings. The molecule has 1 aromatic heterocycles. The van der Waals surface area contributed by atoms with E-state index < -0.39 is 0 Å². The molecule has 0 saturated carbocycles. The standard InChI is InChI=1S/C20H21N3O3/c1-3-25-18-11-6-15(14-19(18)26-4-2)20(24)22-16-7-9-17(10-8-16)23-13-5-12-21-23/h5-14H,3-4H2,1-2H3,(H,22,24). The van der Waals surface area contributed by atoms with Crippen molar-refractivity contribution in [2.45, 2.75) is 13.8 Å². The Hall–Kier alpha value is -3.28. The van der Waals surface area contributed by atoms with Crippen molar-refractivity contribution in [3.63, 3.8) is 0 Å².